The predicted molar refractivity (Wildman–Crippen MR) is 153 cm³/mol. The molecule has 7 heteroatoms. The maximum atomic E-state index is 13.7. The van der Waals surface area contributed by atoms with Crippen LogP contribution in [0.4, 0.5) is 11.6 Å². The molecule has 1 amide bonds. The first-order chi connectivity index (χ1) is 18.5. The highest BCUT2D eigenvalue weighted by molar-refractivity contribution is 6.54. The minimum Gasteiger partial charge on any atom is -0.293 e. The van der Waals surface area contributed by atoms with E-state index in [0.29, 0.717) is 17.4 Å². The zero-order chi connectivity index (χ0) is 26.1. The fraction of sp³-hybridized carbons (Fsp3) is 0.226. The fourth-order valence-corrected chi connectivity index (χ4v) is 5.16. The molecule has 2 aliphatic rings. The van der Waals surface area contributed by atoms with Crippen LogP contribution in [0.15, 0.2) is 83.9 Å². The topological polar surface area (TPSA) is 61.7 Å². The summed E-state index contributed by atoms with van der Waals surface area (Å²) in [6.45, 7) is 4.63. The quantitative estimate of drug-likeness (QED) is 0.294. The number of halogens is 1. The number of likely N-dealkylation sites (tertiary alicyclic amines) is 1. The van der Waals surface area contributed by atoms with Gasteiger partial charge in [-0.05, 0) is 57.1 Å². The van der Waals surface area contributed by atoms with Crippen molar-refractivity contribution in [3.63, 3.8) is 0 Å². The van der Waals surface area contributed by atoms with Crippen LogP contribution in [0.3, 0.4) is 0 Å². The number of hydrogen-bond acceptors (Lipinski definition) is 5. The molecule has 0 bridgehead atoms. The number of carbonyl (C=O) groups excluding carboxylic acids is 1. The summed E-state index contributed by atoms with van der Waals surface area (Å²) in [6.07, 6.45) is 3.58. The number of benzene rings is 3. The van der Waals surface area contributed by atoms with Crippen molar-refractivity contribution in [3.05, 3.63) is 95.0 Å². The number of piperidine rings is 1. The third-order valence-electron chi connectivity index (χ3n) is 7.10. The van der Waals surface area contributed by atoms with Crippen LogP contribution in [0.25, 0.3) is 22.5 Å². The summed E-state index contributed by atoms with van der Waals surface area (Å²) in [5.74, 6) is 0.139. The normalized spacial score (nSPS) is 16.7. The number of carbonyl (C=O) groups is 1. The highest BCUT2D eigenvalue weighted by Gasteiger charge is 2.35. The van der Waals surface area contributed by atoms with Crippen LogP contribution in [0, 0.1) is 6.92 Å². The van der Waals surface area contributed by atoms with E-state index in [2.05, 4.69) is 24.0 Å². The molecule has 0 unspecified atom stereocenters. The number of amides is 1. The Morgan fingerprint density at radius 1 is 0.842 bits per heavy atom. The van der Waals surface area contributed by atoms with Crippen molar-refractivity contribution in [3.8, 4) is 22.5 Å². The number of nitrogens with zero attached hydrogens (tertiary/aromatic N) is 5. The monoisotopic (exact) mass is 521 g/mol. The molecule has 0 radical (unpaired) electrons. The molecular weight excluding hydrogens is 494 g/mol. The summed E-state index contributed by atoms with van der Waals surface area (Å²) >= 11 is 6.13. The molecule has 2 aliphatic heterocycles. The van der Waals surface area contributed by atoms with Gasteiger partial charge in [-0.1, -0.05) is 78.2 Å². The van der Waals surface area contributed by atoms with Crippen LogP contribution in [0.5, 0.6) is 0 Å². The number of aryl methyl sites for hydroxylation is 1. The van der Waals surface area contributed by atoms with Gasteiger partial charge in [0.15, 0.2) is 0 Å². The number of aliphatic imine (C=N–C) groups is 1. The minimum absolute atomic E-state index is 0.117. The van der Waals surface area contributed by atoms with E-state index in [0.717, 1.165) is 59.7 Å². The van der Waals surface area contributed by atoms with Crippen molar-refractivity contribution in [2.24, 2.45) is 4.99 Å². The predicted octanol–water partition coefficient (Wildman–Crippen LogP) is 6.68. The Labute approximate surface area is 227 Å². The number of anilines is 1. The van der Waals surface area contributed by atoms with Crippen LogP contribution in [0.1, 0.15) is 30.4 Å². The van der Waals surface area contributed by atoms with Crippen LogP contribution in [0.2, 0.25) is 5.02 Å². The van der Waals surface area contributed by atoms with Gasteiger partial charge in [0.25, 0.3) is 11.9 Å². The number of para-hydroxylation sites is 1. The highest BCUT2D eigenvalue weighted by Crippen LogP contribution is 2.32. The summed E-state index contributed by atoms with van der Waals surface area (Å²) in [5.41, 5.74) is 6.56. The molecule has 3 heterocycles. The lowest BCUT2D eigenvalue weighted by molar-refractivity contribution is -0.112. The maximum absolute atomic E-state index is 13.7. The molecule has 1 saturated heterocycles. The minimum atomic E-state index is -0.117. The van der Waals surface area contributed by atoms with E-state index in [1.807, 2.05) is 71.6 Å². The van der Waals surface area contributed by atoms with Gasteiger partial charge in [-0.2, -0.15) is 0 Å². The molecule has 0 spiro atoms. The van der Waals surface area contributed by atoms with Crippen LogP contribution < -0.4 is 4.90 Å². The van der Waals surface area contributed by atoms with Crippen molar-refractivity contribution in [1.82, 2.24) is 14.9 Å². The first-order valence-electron chi connectivity index (χ1n) is 13.0. The molecule has 6 nitrogen and oxygen atoms in total. The lowest BCUT2D eigenvalue weighted by atomic mass is 10.1. The van der Waals surface area contributed by atoms with Gasteiger partial charge in [-0.25, -0.2) is 15.0 Å². The van der Waals surface area contributed by atoms with Gasteiger partial charge < -0.3 is 0 Å². The van der Waals surface area contributed by atoms with Crippen molar-refractivity contribution in [2.75, 3.05) is 24.7 Å². The van der Waals surface area contributed by atoms with E-state index in [1.54, 1.807) is 0 Å². The highest BCUT2D eigenvalue weighted by atomic mass is 35.5. The van der Waals surface area contributed by atoms with Crippen LogP contribution in [-0.2, 0) is 4.79 Å². The summed E-state index contributed by atoms with van der Waals surface area (Å²) < 4.78 is 0. The molecule has 38 heavy (non-hydrogen) atoms. The Kier molecular flexibility index (Phi) is 6.75. The molecule has 190 valence electrons. The number of fused-ring (bicyclic) bond motifs is 1. The van der Waals surface area contributed by atoms with E-state index < -0.39 is 0 Å². The lowest BCUT2D eigenvalue weighted by Gasteiger charge is -2.30. The molecule has 6 rings (SSSR count). The molecule has 4 aromatic rings. The van der Waals surface area contributed by atoms with E-state index in [1.165, 1.54) is 12.0 Å². The van der Waals surface area contributed by atoms with Crippen molar-refractivity contribution in [2.45, 2.75) is 26.2 Å². The van der Waals surface area contributed by atoms with Gasteiger partial charge in [0, 0.05) is 21.7 Å². The van der Waals surface area contributed by atoms with E-state index in [-0.39, 0.29) is 11.9 Å². The smallest absolute Gasteiger partial charge is 0.278 e. The Balaban J connectivity index is 1.43. The van der Waals surface area contributed by atoms with E-state index >= 15 is 0 Å². The maximum Gasteiger partial charge on any atom is 0.278 e. The zero-order valence-corrected chi connectivity index (χ0v) is 22.0. The third kappa shape index (κ3) is 4.97. The first-order valence-corrected chi connectivity index (χ1v) is 13.4. The molecule has 1 aromatic heterocycles. The molecule has 1 fully saturated rings. The lowest BCUT2D eigenvalue weighted by Crippen LogP contribution is -2.43. The van der Waals surface area contributed by atoms with Crippen molar-refractivity contribution < 1.29 is 4.79 Å². The van der Waals surface area contributed by atoms with Crippen LogP contribution in [-0.4, -0.2) is 46.2 Å². The van der Waals surface area contributed by atoms with Gasteiger partial charge in [0.05, 0.1) is 23.7 Å². The Hall–Kier alpha value is -3.87. The summed E-state index contributed by atoms with van der Waals surface area (Å²) in [7, 11) is 0. The molecule has 0 atom stereocenters. The molecular formula is C31H28ClN5O. The Morgan fingerprint density at radius 2 is 1.47 bits per heavy atom. The Morgan fingerprint density at radius 3 is 2.16 bits per heavy atom. The van der Waals surface area contributed by atoms with Crippen molar-refractivity contribution in [1.29, 1.82) is 0 Å². The third-order valence-corrected chi connectivity index (χ3v) is 7.35. The summed E-state index contributed by atoms with van der Waals surface area (Å²) in [5, 5.41) is 0.656. The molecule has 0 saturated carbocycles. The van der Waals surface area contributed by atoms with Gasteiger partial charge in [-0.15, -0.1) is 0 Å². The molecule has 0 N–H and O–H groups in total. The first kappa shape index (κ1) is 24.5. The SMILES string of the molecule is Cc1ccc(-c2cc(-c3ccc(Cl)cc3)nc(/N=C3\C(=O)N(CN4CCCCC4)c4ccccc43)n2)cc1. The second kappa shape index (κ2) is 10.5. The molecule has 0 aliphatic carbocycles. The van der Waals surface area contributed by atoms with Crippen LogP contribution >= 0.6 is 11.6 Å². The van der Waals surface area contributed by atoms with Gasteiger partial charge in [0.2, 0.25) is 0 Å². The van der Waals surface area contributed by atoms with Gasteiger partial charge in [0.1, 0.15) is 5.71 Å². The fourth-order valence-electron chi connectivity index (χ4n) is 5.04. The second-order valence-corrected chi connectivity index (χ2v) is 10.3. The average Bonchev–Trinajstić information content (AvgIpc) is 3.20. The van der Waals surface area contributed by atoms with Gasteiger partial charge >= 0.3 is 0 Å². The number of hydrogen-bond donors (Lipinski definition) is 0. The summed E-state index contributed by atoms with van der Waals surface area (Å²) in [4.78, 5) is 32.2. The van der Waals surface area contributed by atoms with E-state index in [9.17, 15) is 4.79 Å². The van der Waals surface area contributed by atoms with Gasteiger partial charge in [-0.3, -0.25) is 14.6 Å². The zero-order valence-electron chi connectivity index (χ0n) is 21.3. The summed E-state index contributed by atoms with van der Waals surface area (Å²) in [6, 6.07) is 25.5. The molecule has 3 aromatic carbocycles. The number of rotatable bonds is 5. The largest absolute Gasteiger partial charge is 0.293 e. The standard InChI is InChI=1S/C31H28ClN5O/c1-21-9-11-22(12-10-21)26-19-27(23-13-15-24(32)16-14-23)34-31(33-26)35-29-25-7-3-4-8-28(25)37(30(29)38)20-36-17-5-2-6-18-36/h3-4,7-16,19H,2,5-6,17-18,20H2,1H3/b35-29-. The van der Waals surface area contributed by atoms with Crippen molar-refractivity contribution >= 4 is 34.9 Å². The van der Waals surface area contributed by atoms with E-state index in [4.69, 9.17) is 26.6 Å². The second-order valence-electron chi connectivity index (χ2n) is 9.84. The average molecular weight is 522 g/mol. The Bertz CT molecular complexity index is 1440. The number of aromatic nitrogens is 2.